The first-order valence-electron chi connectivity index (χ1n) is 8.55. The lowest BCUT2D eigenvalue weighted by Crippen LogP contribution is -2.36. The first kappa shape index (κ1) is 15.3. The molecular weight excluding hydrogens is 316 g/mol. The number of fused-ring (bicyclic) bond motifs is 1. The molecule has 2 aromatic heterocycles. The number of benzene rings is 1. The highest BCUT2D eigenvalue weighted by molar-refractivity contribution is 7.17. The second-order valence-electron chi connectivity index (χ2n) is 6.38. The van der Waals surface area contributed by atoms with E-state index in [-0.39, 0.29) is 5.91 Å². The zero-order chi connectivity index (χ0) is 16.4. The number of rotatable bonds is 3. The summed E-state index contributed by atoms with van der Waals surface area (Å²) in [5.74, 6) is 0.0372. The van der Waals surface area contributed by atoms with Gasteiger partial charge in [-0.2, -0.15) is 0 Å². The molecule has 3 aromatic rings. The van der Waals surface area contributed by atoms with E-state index in [0.29, 0.717) is 6.04 Å². The van der Waals surface area contributed by atoms with Gasteiger partial charge in [0.15, 0.2) is 0 Å². The molecule has 4 rings (SSSR count). The van der Waals surface area contributed by atoms with E-state index in [2.05, 4.69) is 21.7 Å². The highest BCUT2D eigenvalue weighted by Gasteiger charge is 2.16. The number of nitrogens with one attached hydrogen (secondary N) is 1. The Kier molecular flexibility index (Phi) is 4.30. The number of carbonyl (C=O) groups is 1. The Morgan fingerprint density at radius 2 is 1.83 bits per heavy atom. The standard InChI is InChI=1S/C20H20N2OS/c23-20(22-16-4-2-1-3-5-16)15-8-6-14(7-9-15)19-17-11-13-24-18(17)10-12-21-19/h6-13,16H,1-5H2,(H,22,23). The third-order valence-corrected chi connectivity index (χ3v) is 5.62. The van der Waals surface area contributed by atoms with Gasteiger partial charge in [-0.05, 0) is 42.5 Å². The minimum atomic E-state index is 0.0372. The number of thiophene rings is 1. The van der Waals surface area contributed by atoms with Crippen molar-refractivity contribution in [2.45, 2.75) is 38.1 Å². The van der Waals surface area contributed by atoms with Crippen LogP contribution in [-0.4, -0.2) is 16.9 Å². The highest BCUT2D eigenvalue weighted by atomic mass is 32.1. The van der Waals surface area contributed by atoms with Crippen molar-refractivity contribution in [2.24, 2.45) is 0 Å². The van der Waals surface area contributed by atoms with E-state index in [1.54, 1.807) is 11.3 Å². The second-order valence-corrected chi connectivity index (χ2v) is 7.33. The van der Waals surface area contributed by atoms with Gasteiger partial charge in [0.2, 0.25) is 0 Å². The molecule has 3 nitrogen and oxygen atoms in total. The van der Waals surface area contributed by atoms with Gasteiger partial charge >= 0.3 is 0 Å². The normalized spacial score (nSPS) is 15.5. The largest absolute Gasteiger partial charge is 0.349 e. The van der Waals surface area contributed by atoms with Crippen molar-refractivity contribution in [1.29, 1.82) is 0 Å². The number of hydrogen-bond acceptors (Lipinski definition) is 3. The van der Waals surface area contributed by atoms with E-state index in [4.69, 9.17) is 0 Å². The fourth-order valence-electron chi connectivity index (χ4n) is 3.42. The van der Waals surface area contributed by atoms with E-state index in [1.807, 2.05) is 36.5 Å². The van der Waals surface area contributed by atoms with Gasteiger partial charge in [-0.1, -0.05) is 31.4 Å². The van der Waals surface area contributed by atoms with Gasteiger partial charge in [-0.15, -0.1) is 11.3 Å². The number of pyridine rings is 1. The minimum Gasteiger partial charge on any atom is -0.349 e. The number of carbonyl (C=O) groups excluding carboxylic acids is 1. The summed E-state index contributed by atoms with van der Waals surface area (Å²) in [5.41, 5.74) is 2.75. The summed E-state index contributed by atoms with van der Waals surface area (Å²) in [6.45, 7) is 0. The average Bonchev–Trinajstić information content (AvgIpc) is 3.11. The van der Waals surface area contributed by atoms with Gasteiger partial charge in [0.25, 0.3) is 5.91 Å². The average molecular weight is 336 g/mol. The molecule has 1 fully saturated rings. The Labute approximate surface area is 145 Å². The fraction of sp³-hybridized carbons (Fsp3) is 0.300. The molecule has 1 N–H and O–H groups in total. The molecule has 1 aromatic carbocycles. The van der Waals surface area contributed by atoms with E-state index < -0.39 is 0 Å². The zero-order valence-corrected chi connectivity index (χ0v) is 14.3. The molecule has 0 bridgehead atoms. The Hall–Kier alpha value is -2.20. The summed E-state index contributed by atoms with van der Waals surface area (Å²) in [6.07, 6.45) is 7.79. The first-order valence-corrected chi connectivity index (χ1v) is 9.43. The molecule has 0 spiro atoms. The van der Waals surface area contributed by atoms with Crippen LogP contribution < -0.4 is 5.32 Å². The molecule has 4 heteroatoms. The Morgan fingerprint density at radius 1 is 1.04 bits per heavy atom. The van der Waals surface area contributed by atoms with Crippen molar-refractivity contribution in [3.63, 3.8) is 0 Å². The van der Waals surface area contributed by atoms with Crippen LogP contribution in [-0.2, 0) is 0 Å². The van der Waals surface area contributed by atoms with Crippen LogP contribution in [0.1, 0.15) is 42.5 Å². The molecular formula is C20H20N2OS. The summed E-state index contributed by atoms with van der Waals surface area (Å²) in [7, 11) is 0. The van der Waals surface area contributed by atoms with Crippen molar-refractivity contribution in [2.75, 3.05) is 0 Å². The Morgan fingerprint density at radius 3 is 2.62 bits per heavy atom. The van der Waals surface area contributed by atoms with Crippen molar-refractivity contribution >= 4 is 27.3 Å². The molecule has 1 saturated carbocycles. The van der Waals surface area contributed by atoms with Gasteiger partial charge in [0.1, 0.15) is 0 Å². The maximum atomic E-state index is 12.4. The number of aromatic nitrogens is 1. The smallest absolute Gasteiger partial charge is 0.251 e. The third kappa shape index (κ3) is 3.06. The topological polar surface area (TPSA) is 42.0 Å². The lowest BCUT2D eigenvalue weighted by Gasteiger charge is -2.22. The summed E-state index contributed by atoms with van der Waals surface area (Å²) in [5, 5.41) is 6.42. The number of hydrogen-bond donors (Lipinski definition) is 1. The molecule has 0 aliphatic heterocycles. The predicted octanol–water partition coefficient (Wildman–Crippen LogP) is 5.03. The van der Waals surface area contributed by atoms with Crippen molar-refractivity contribution in [1.82, 2.24) is 10.3 Å². The van der Waals surface area contributed by atoms with Crippen molar-refractivity contribution < 1.29 is 4.79 Å². The van der Waals surface area contributed by atoms with Crippen LogP contribution in [0.15, 0.2) is 48.0 Å². The summed E-state index contributed by atoms with van der Waals surface area (Å²) in [4.78, 5) is 16.9. The summed E-state index contributed by atoms with van der Waals surface area (Å²) < 4.78 is 1.24. The Balaban J connectivity index is 1.54. The lowest BCUT2D eigenvalue weighted by molar-refractivity contribution is 0.0928. The Bertz CT molecular complexity index is 847. The molecule has 1 aliphatic carbocycles. The summed E-state index contributed by atoms with van der Waals surface area (Å²) in [6, 6.07) is 12.3. The third-order valence-electron chi connectivity index (χ3n) is 4.74. The van der Waals surface area contributed by atoms with Crippen LogP contribution in [0.5, 0.6) is 0 Å². The molecule has 122 valence electrons. The molecule has 1 amide bonds. The van der Waals surface area contributed by atoms with Crippen LogP contribution in [0.2, 0.25) is 0 Å². The molecule has 0 unspecified atom stereocenters. The van der Waals surface area contributed by atoms with Gasteiger partial charge < -0.3 is 5.32 Å². The lowest BCUT2D eigenvalue weighted by atomic mass is 9.95. The molecule has 0 atom stereocenters. The minimum absolute atomic E-state index is 0.0372. The highest BCUT2D eigenvalue weighted by Crippen LogP contribution is 2.29. The van der Waals surface area contributed by atoms with Gasteiger partial charge in [0, 0.05) is 33.5 Å². The fourth-order valence-corrected chi connectivity index (χ4v) is 4.20. The maximum Gasteiger partial charge on any atom is 0.251 e. The first-order chi connectivity index (χ1) is 11.8. The van der Waals surface area contributed by atoms with E-state index in [9.17, 15) is 4.79 Å². The molecule has 2 heterocycles. The van der Waals surface area contributed by atoms with E-state index in [0.717, 1.165) is 29.7 Å². The monoisotopic (exact) mass is 336 g/mol. The molecule has 0 saturated heterocycles. The van der Waals surface area contributed by atoms with Gasteiger partial charge in [-0.3, -0.25) is 9.78 Å². The zero-order valence-electron chi connectivity index (χ0n) is 13.5. The maximum absolute atomic E-state index is 12.4. The van der Waals surface area contributed by atoms with Gasteiger partial charge in [-0.25, -0.2) is 0 Å². The molecule has 1 aliphatic rings. The molecule has 24 heavy (non-hydrogen) atoms. The van der Waals surface area contributed by atoms with E-state index in [1.165, 1.54) is 29.3 Å². The van der Waals surface area contributed by atoms with E-state index >= 15 is 0 Å². The quantitative estimate of drug-likeness (QED) is 0.729. The van der Waals surface area contributed by atoms with Gasteiger partial charge in [0.05, 0.1) is 5.69 Å². The van der Waals surface area contributed by atoms with Crippen LogP contribution >= 0.6 is 11.3 Å². The number of nitrogens with zero attached hydrogens (tertiary/aromatic N) is 1. The van der Waals surface area contributed by atoms with Crippen molar-refractivity contribution in [3.05, 3.63) is 53.5 Å². The van der Waals surface area contributed by atoms with Crippen LogP contribution in [0, 0.1) is 0 Å². The second kappa shape index (κ2) is 6.73. The van der Waals surface area contributed by atoms with Crippen LogP contribution in [0.4, 0.5) is 0 Å². The predicted molar refractivity (Wildman–Crippen MR) is 99.4 cm³/mol. The number of amides is 1. The van der Waals surface area contributed by atoms with Crippen molar-refractivity contribution in [3.8, 4) is 11.3 Å². The summed E-state index contributed by atoms with van der Waals surface area (Å²) >= 11 is 1.72. The van der Waals surface area contributed by atoms with Crippen LogP contribution in [0.25, 0.3) is 21.3 Å². The molecule has 0 radical (unpaired) electrons. The van der Waals surface area contributed by atoms with Crippen LogP contribution in [0.3, 0.4) is 0 Å². The SMILES string of the molecule is O=C(NC1CCCCC1)c1ccc(-c2nccc3sccc23)cc1.